The number of carbonyl (C=O) groups is 1. The molecule has 0 atom stereocenters. The zero-order valence-electron chi connectivity index (χ0n) is 20.0. The van der Waals surface area contributed by atoms with Gasteiger partial charge < -0.3 is 10.1 Å². The molecule has 3 rings (SSSR count). The number of fused-ring (bicyclic) bond motifs is 1. The molecule has 0 spiro atoms. The van der Waals surface area contributed by atoms with Crippen molar-refractivity contribution in [2.45, 2.75) is 53.3 Å². The summed E-state index contributed by atoms with van der Waals surface area (Å²) in [4.78, 5) is 45.4. The van der Waals surface area contributed by atoms with E-state index in [-0.39, 0.29) is 46.4 Å². The summed E-state index contributed by atoms with van der Waals surface area (Å²) in [6, 6.07) is 5.85. The number of hydrogen-bond acceptors (Lipinski definition) is 5. The van der Waals surface area contributed by atoms with Crippen LogP contribution in [0.15, 0.2) is 33.9 Å². The molecule has 0 unspecified atom stereocenters. The van der Waals surface area contributed by atoms with Crippen LogP contribution in [0.4, 0.5) is 18.9 Å². The Kier molecular flexibility index (Phi) is 7.37. The van der Waals surface area contributed by atoms with Gasteiger partial charge in [-0.2, -0.15) is 13.2 Å². The van der Waals surface area contributed by atoms with Crippen molar-refractivity contribution in [2.75, 3.05) is 11.9 Å². The monoisotopic (exact) mass is 492 g/mol. The van der Waals surface area contributed by atoms with Gasteiger partial charge in [0.15, 0.2) is 12.3 Å². The van der Waals surface area contributed by atoms with E-state index in [2.05, 4.69) is 15.3 Å². The van der Waals surface area contributed by atoms with Gasteiger partial charge in [-0.1, -0.05) is 33.8 Å². The summed E-state index contributed by atoms with van der Waals surface area (Å²) < 4.78 is 44.4. The largest absolute Gasteiger partial charge is 0.482 e. The molecule has 0 aliphatic heterocycles. The number of H-pyrrole nitrogens is 1. The number of ether oxygens (including phenoxy) is 1. The van der Waals surface area contributed by atoms with Crippen molar-refractivity contribution in [3.8, 4) is 5.75 Å². The van der Waals surface area contributed by atoms with Crippen molar-refractivity contribution in [1.29, 1.82) is 0 Å². The van der Waals surface area contributed by atoms with E-state index in [1.54, 1.807) is 13.0 Å². The lowest BCUT2D eigenvalue weighted by atomic mass is 10.0. The lowest BCUT2D eigenvalue weighted by Gasteiger charge is -2.17. The Morgan fingerprint density at radius 1 is 1.17 bits per heavy atom. The van der Waals surface area contributed by atoms with Crippen LogP contribution < -0.4 is 21.3 Å². The zero-order valence-corrected chi connectivity index (χ0v) is 20.0. The Bertz CT molecular complexity index is 1370. The summed E-state index contributed by atoms with van der Waals surface area (Å²) in [5.74, 6) is -1.01. The number of aryl methyl sites for hydroxylation is 1. The second-order valence-corrected chi connectivity index (χ2v) is 9.07. The topological polar surface area (TPSA) is 106 Å². The molecule has 188 valence electrons. The van der Waals surface area contributed by atoms with Gasteiger partial charge in [0.1, 0.15) is 5.75 Å². The van der Waals surface area contributed by atoms with Gasteiger partial charge in [-0.15, -0.1) is 0 Å². The minimum atomic E-state index is -4.56. The maximum Gasteiger partial charge on any atom is 0.422 e. The van der Waals surface area contributed by atoms with Crippen LogP contribution in [0.3, 0.4) is 0 Å². The number of nitrogens with zero attached hydrogens (tertiary/aromatic N) is 2. The molecule has 0 saturated heterocycles. The lowest BCUT2D eigenvalue weighted by Crippen LogP contribution is -2.33. The van der Waals surface area contributed by atoms with E-state index in [1.807, 2.05) is 27.7 Å². The first-order chi connectivity index (χ1) is 16.3. The number of hydrogen-bond donors (Lipinski definition) is 2. The maximum atomic E-state index is 13.4. The number of halogens is 3. The molecule has 2 heterocycles. The van der Waals surface area contributed by atoms with Crippen LogP contribution in [0.5, 0.6) is 5.75 Å². The van der Waals surface area contributed by atoms with E-state index in [0.29, 0.717) is 11.3 Å². The molecule has 11 heteroatoms. The molecule has 3 aromatic rings. The number of carbonyl (C=O) groups excluding carboxylic acids is 1. The van der Waals surface area contributed by atoms with Crippen molar-refractivity contribution in [1.82, 2.24) is 14.5 Å². The molecule has 35 heavy (non-hydrogen) atoms. The van der Waals surface area contributed by atoms with Gasteiger partial charge in [-0.25, -0.2) is 9.78 Å². The summed E-state index contributed by atoms with van der Waals surface area (Å²) in [6.45, 7) is 7.87. The molecule has 1 amide bonds. The number of rotatable bonds is 7. The van der Waals surface area contributed by atoms with E-state index in [0.717, 1.165) is 0 Å². The summed E-state index contributed by atoms with van der Waals surface area (Å²) in [7, 11) is 0. The van der Waals surface area contributed by atoms with E-state index in [9.17, 15) is 27.6 Å². The van der Waals surface area contributed by atoms with Crippen LogP contribution in [0.25, 0.3) is 11.0 Å². The highest BCUT2D eigenvalue weighted by molar-refractivity contribution is 6.12. The smallest absolute Gasteiger partial charge is 0.422 e. The third kappa shape index (κ3) is 6.09. The summed E-state index contributed by atoms with van der Waals surface area (Å²) in [6.07, 6.45) is -4.56. The maximum absolute atomic E-state index is 13.4. The minimum absolute atomic E-state index is 0.00726. The SMILES string of the molecule is Cc1ccc(NC(=O)c2cc(C(C)C)nc3c2c(=O)[nH]c(=O)n3CC(C)C)c(OCC(F)(F)F)c1. The van der Waals surface area contributed by atoms with Crippen LogP contribution >= 0.6 is 0 Å². The molecular formula is C24H27F3N4O4. The Morgan fingerprint density at radius 3 is 2.46 bits per heavy atom. The van der Waals surface area contributed by atoms with Crippen molar-refractivity contribution in [2.24, 2.45) is 5.92 Å². The number of anilines is 1. The van der Waals surface area contributed by atoms with Crippen LogP contribution in [0, 0.1) is 12.8 Å². The standard InChI is InChI=1S/C24H27F3N4O4/c1-12(2)10-31-20-19(22(33)30-23(31)34)15(9-17(28-20)13(3)4)21(32)29-16-7-6-14(5)8-18(16)35-11-24(25,26)27/h6-9,12-13H,10-11H2,1-5H3,(H,29,32)(H,30,33,34). The number of alkyl halides is 3. The third-order valence-electron chi connectivity index (χ3n) is 5.13. The van der Waals surface area contributed by atoms with Gasteiger partial charge in [-0.05, 0) is 42.5 Å². The average molecular weight is 492 g/mol. The molecule has 0 aliphatic rings. The molecule has 0 saturated carbocycles. The second-order valence-electron chi connectivity index (χ2n) is 9.07. The summed E-state index contributed by atoms with van der Waals surface area (Å²) in [5.41, 5.74) is -0.296. The third-order valence-corrected chi connectivity index (χ3v) is 5.13. The van der Waals surface area contributed by atoms with E-state index < -0.39 is 29.9 Å². The molecule has 0 radical (unpaired) electrons. The fourth-order valence-electron chi connectivity index (χ4n) is 3.50. The number of amides is 1. The molecule has 0 fully saturated rings. The Hall–Kier alpha value is -3.63. The minimum Gasteiger partial charge on any atom is -0.482 e. The van der Waals surface area contributed by atoms with Gasteiger partial charge >= 0.3 is 11.9 Å². The second kappa shape index (κ2) is 9.93. The Balaban J connectivity index is 2.16. The molecule has 2 aromatic heterocycles. The first-order valence-electron chi connectivity index (χ1n) is 11.1. The Labute approximate surface area is 199 Å². The van der Waals surface area contributed by atoms with E-state index >= 15 is 0 Å². The van der Waals surface area contributed by atoms with Gasteiger partial charge in [0.25, 0.3) is 11.5 Å². The van der Waals surface area contributed by atoms with Crippen LogP contribution in [-0.2, 0) is 6.54 Å². The van der Waals surface area contributed by atoms with Crippen LogP contribution in [0.1, 0.15) is 55.2 Å². The van der Waals surface area contributed by atoms with Crippen molar-refractivity contribution in [3.05, 3.63) is 61.9 Å². The summed E-state index contributed by atoms with van der Waals surface area (Å²) in [5, 5.41) is 2.47. The fourth-order valence-corrected chi connectivity index (χ4v) is 3.50. The van der Waals surface area contributed by atoms with E-state index in [4.69, 9.17) is 4.74 Å². The molecule has 8 nitrogen and oxygen atoms in total. The highest BCUT2D eigenvalue weighted by atomic mass is 19.4. The van der Waals surface area contributed by atoms with Gasteiger partial charge in [0.05, 0.1) is 16.6 Å². The lowest BCUT2D eigenvalue weighted by molar-refractivity contribution is -0.153. The predicted octanol–water partition coefficient (Wildman–Crippen LogP) is 4.37. The number of pyridine rings is 1. The first-order valence-corrected chi connectivity index (χ1v) is 11.1. The van der Waals surface area contributed by atoms with Crippen molar-refractivity contribution < 1.29 is 22.7 Å². The summed E-state index contributed by atoms with van der Waals surface area (Å²) >= 11 is 0. The molecule has 2 N–H and O–H groups in total. The van der Waals surface area contributed by atoms with Gasteiger partial charge in [0, 0.05) is 12.2 Å². The van der Waals surface area contributed by atoms with E-state index in [1.165, 1.54) is 22.8 Å². The number of nitrogens with one attached hydrogen (secondary N) is 2. The first kappa shape index (κ1) is 26.0. The molecule has 1 aromatic carbocycles. The van der Waals surface area contributed by atoms with Crippen molar-refractivity contribution in [3.63, 3.8) is 0 Å². The molecular weight excluding hydrogens is 465 g/mol. The molecule has 0 bridgehead atoms. The quantitative estimate of drug-likeness (QED) is 0.510. The predicted molar refractivity (Wildman–Crippen MR) is 126 cm³/mol. The average Bonchev–Trinajstić information content (AvgIpc) is 2.75. The highest BCUT2D eigenvalue weighted by Crippen LogP contribution is 2.29. The Morgan fingerprint density at radius 2 is 1.86 bits per heavy atom. The van der Waals surface area contributed by atoms with Crippen molar-refractivity contribution >= 4 is 22.6 Å². The number of aromatic amines is 1. The number of benzene rings is 1. The highest BCUT2D eigenvalue weighted by Gasteiger charge is 2.29. The van der Waals surface area contributed by atoms with Crippen LogP contribution in [0.2, 0.25) is 0 Å². The van der Waals surface area contributed by atoms with Gasteiger partial charge in [0.2, 0.25) is 0 Å². The van der Waals surface area contributed by atoms with Gasteiger partial charge in [-0.3, -0.25) is 19.1 Å². The zero-order chi connectivity index (χ0) is 26.1. The normalized spacial score (nSPS) is 11.9. The van der Waals surface area contributed by atoms with Crippen LogP contribution in [-0.4, -0.2) is 33.2 Å². The molecule has 0 aliphatic carbocycles. The number of aromatic nitrogens is 3. The fraction of sp³-hybridized carbons (Fsp3) is 0.417.